The number of nitrogens with one attached hydrogen (secondary N) is 2. The van der Waals surface area contributed by atoms with Crippen LogP contribution >= 0.6 is 11.8 Å². The first-order chi connectivity index (χ1) is 11.4. The molecule has 1 amide bonds. The van der Waals surface area contributed by atoms with Crippen molar-refractivity contribution in [2.24, 2.45) is 0 Å². The second kappa shape index (κ2) is 8.01. The highest BCUT2D eigenvalue weighted by Crippen LogP contribution is 2.22. The van der Waals surface area contributed by atoms with Crippen LogP contribution in [0.4, 0.5) is 5.69 Å². The number of benzene rings is 1. The number of methoxy groups -OCH3 is 1. The Labute approximate surface area is 145 Å². The predicted octanol–water partition coefficient (Wildman–Crippen LogP) is 3.02. The van der Waals surface area contributed by atoms with Crippen LogP contribution in [0.15, 0.2) is 40.3 Å². The molecule has 7 heteroatoms. The SMILES string of the molecule is COc1cccc(NC(=O)C(C)Sc2nc(C(C)C)cc(=O)[nH]2)c1. The molecule has 2 aromatic rings. The van der Waals surface area contributed by atoms with Gasteiger partial charge in [0.1, 0.15) is 5.75 Å². The molecule has 1 aromatic carbocycles. The predicted molar refractivity (Wildman–Crippen MR) is 95.9 cm³/mol. The minimum Gasteiger partial charge on any atom is -0.497 e. The Morgan fingerprint density at radius 1 is 1.29 bits per heavy atom. The van der Waals surface area contributed by atoms with E-state index in [0.717, 1.165) is 0 Å². The summed E-state index contributed by atoms with van der Waals surface area (Å²) in [6.45, 7) is 5.70. The van der Waals surface area contributed by atoms with E-state index in [2.05, 4.69) is 15.3 Å². The van der Waals surface area contributed by atoms with E-state index in [1.807, 2.05) is 13.8 Å². The van der Waals surface area contributed by atoms with Gasteiger partial charge in [0.15, 0.2) is 5.16 Å². The van der Waals surface area contributed by atoms with Crippen LogP contribution in [-0.2, 0) is 4.79 Å². The quantitative estimate of drug-likeness (QED) is 0.620. The number of aromatic amines is 1. The molecule has 0 aliphatic heterocycles. The number of hydrogen-bond donors (Lipinski definition) is 2. The summed E-state index contributed by atoms with van der Waals surface area (Å²) >= 11 is 1.22. The number of ether oxygens (including phenoxy) is 1. The summed E-state index contributed by atoms with van der Waals surface area (Å²) in [4.78, 5) is 31.1. The Morgan fingerprint density at radius 2 is 2.04 bits per heavy atom. The van der Waals surface area contributed by atoms with Gasteiger partial charge >= 0.3 is 0 Å². The average molecular weight is 347 g/mol. The minimum absolute atomic E-state index is 0.146. The van der Waals surface area contributed by atoms with E-state index < -0.39 is 5.25 Å². The van der Waals surface area contributed by atoms with Crippen molar-refractivity contribution in [3.63, 3.8) is 0 Å². The number of rotatable bonds is 6. The lowest BCUT2D eigenvalue weighted by Crippen LogP contribution is -2.23. The number of carbonyl (C=O) groups excluding carboxylic acids is 1. The smallest absolute Gasteiger partial charge is 0.251 e. The molecule has 6 nitrogen and oxygen atoms in total. The fraction of sp³-hybridized carbons (Fsp3) is 0.353. The maximum atomic E-state index is 12.3. The monoisotopic (exact) mass is 347 g/mol. The van der Waals surface area contributed by atoms with E-state index in [1.165, 1.54) is 17.8 Å². The first-order valence-corrected chi connectivity index (χ1v) is 8.50. The van der Waals surface area contributed by atoms with Crippen molar-refractivity contribution in [2.75, 3.05) is 12.4 Å². The van der Waals surface area contributed by atoms with Gasteiger partial charge in [-0.3, -0.25) is 9.59 Å². The molecule has 0 aliphatic carbocycles. The van der Waals surface area contributed by atoms with Crippen LogP contribution in [0.5, 0.6) is 5.75 Å². The largest absolute Gasteiger partial charge is 0.497 e. The molecule has 128 valence electrons. The van der Waals surface area contributed by atoms with E-state index in [-0.39, 0.29) is 17.4 Å². The molecule has 2 N–H and O–H groups in total. The number of nitrogens with zero attached hydrogens (tertiary/aromatic N) is 1. The summed E-state index contributed by atoms with van der Waals surface area (Å²) in [7, 11) is 1.57. The van der Waals surface area contributed by atoms with Crippen molar-refractivity contribution >= 4 is 23.4 Å². The molecular weight excluding hydrogens is 326 g/mol. The maximum absolute atomic E-state index is 12.3. The van der Waals surface area contributed by atoms with Crippen molar-refractivity contribution in [1.29, 1.82) is 0 Å². The summed E-state index contributed by atoms with van der Waals surface area (Å²) in [6.07, 6.45) is 0. The Kier molecular flexibility index (Phi) is 6.03. The Hall–Kier alpha value is -2.28. The van der Waals surface area contributed by atoms with Crippen LogP contribution in [-0.4, -0.2) is 28.2 Å². The highest BCUT2D eigenvalue weighted by molar-refractivity contribution is 8.00. The standard InChI is InChI=1S/C17H21N3O3S/c1-10(2)14-9-15(21)20-17(19-14)24-11(3)16(22)18-12-6-5-7-13(8-12)23-4/h5-11H,1-4H3,(H,18,22)(H,19,20,21). The molecule has 0 fully saturated rings. The van der Waals surface area contributed by atoms with Gasteiger partial charge in [-0.2, -0.15) is 0 Å². The van der Waals surface area contributed by atoms with E-state index in [1.54, 1.807) is 38.3 Å². The van der Waals surface area contributed by atoms with Crippen LogP contribution < -0.4 is 15.6 Å². The van der Waals surface area contributed by atoms with Gasteiger partial charge in [-0.1, -0.05) is 31.7 Å². The summed E-state index contributed by atoms with van der Waals surface area (Å²) in [5, 5.41) is 2.86. The van der Waals surface area contributed by atoms with Gasteiger partial charge in [0.2, 0.25) is 5.91 Å². The molecule has 0 spiro atoms. The third-order valence-corrected chi connectivity index (χ3v) is 4.31. The van der Waals surface area contributed by atoms with Crippen molar-refractivity contribution < 1.29 is 9.53 Å². The lowest BCUT2D eigenvalue weighted by atomic mass is 10.1. The van der Waals surface area contributed by atoms with Crippen LogP contribution in [0.2, 0.25) is 0 Å². The van der Waals surface area contributed by atoms with E-state index in [9.17, 15) is 9.59 Å². The zero-order chi connectivity index (χ0) is 17.7. The maximum Gasteiger partial charge on any atom is 0.251 e. The average Bonchev–Trinajstić information content (AvgIpc) is 2.54. The van der Waals surface area contributed by atoms with Crippen molar-refractivity contribution in [3.8, 4) is 5.75 Å². The van der Waals surface area contributed by atoms with E-state index in [0.29, 0.717) is 22.3 Å². The summed E-state index contributed by atoms with van der Waals surface area (Å²) in [5.41, 5.74) is 1.16. The molecular formula is C17H21N3O3S. The lowest BCUT2D eigenvalue weighted by Gasteiger charge is -2.13. The summed E-state index contributed by atoms with van der Waals surface area (Å²) in [6, 6.07) is 8.62. The normalized spacial score (nSPS) is 12.0. The van der Waals surface area contributed by atoms with Crippen molar-refractivity contribution in [2.45, 2.75) is 37.1 Å². The molecule has 2 rings (SSSR count). The third kappa shape index (κ3) is 4.86. The molecule has 0 aliphatic rings. The second-order valence-electron chi connectivity index (χ2n) is 5.61. The summed E-state index contributed by atoms with van der Waals surface area (Å²) in [5.74, 6) is 0.641. The number of H-pyrrole nitrogens is 1. The third-order valence-electron chi connectivity index (χ3n) is 3.33. The Balaban J connectivity index is 2.07. The highest BCUT2D eigenvalue weighted by atomic mass is 32.2. The topological polar surface area (TPSA) is 84.1 Å². The highest BCUT2D eigenvalue weighted by Gasteiger charge is 2.17. The fourth-order valence-electron chi connectivity index (χ4n) is 1.97. The fourth-order valence-corrected chi connectivity index (χ4v) is 2.79. The Morgan fingerprint density at radius 3 is 2.71 bits per heavy atom. The minimum atomic E-state index is -0.415. The van der Waals surface area contributed by atoms with Crippen molar-refractivity contribution in [1.82, 2.24) is 9.97 Å². The van der Waals surface area contributed by atoms with Crippen LogP contribution in [0.1, 0.15) is 32.4 Å². The molecule has 0 saturated carbocycles. The van der Waals surface area contributed by atoms with Gasteiger partial charge in [0.25, 0.3) is 5.56 Å². The molecule has 1 aromatic heterocycles. The number of carbonyl (C=O) groups is 1. The first kappa shape index (κ1) is 18.1. The lowest BCUT2D eigenvalue weighted by molar-refractivity contribution is -0.115. The van der Waals surface area contributed by atoms with Gasteiger partial charge in [0.05, 0.1) is 18.1 Å². The Bertz CT molecular complexity index is 774. The second-order valence-corrected chi connectivity index (χ2v) is 6.94. The number of thioether (sulfide) groups is 1. The zero-order valence-electron chi connectivity index (χ0n) is 14.1. The van der Waals surface area contributed by atoms with Gasteiger partial charge in [-0.25, -0.2) is 4.98 Å². The van der Waals surface area contributed by atoms with E-state index in [4.69, 9.17) is 4.74 Å². The number of aromatic nitrogens is 2. The molecule has 24 heavy (non-hydrogen) atoms. The van der Waals surface area contributed by atoms with E-state index >= 15 is 0 Å². The van der Waals surface area contributed by atoms with Gasteiger partial charge in [-0.15, -0.1) is 0 Å². The van der Waals surface area contributed by atoms with Gasteiger partial charge < -0.3 is 15.0 Å². The van der Waals surface area contributed by atoms with Crippen LogP contribution in [0.25, 0.3) is 0 Å². The number of anilines is 1. The van der Waals surface area contributed by atoms with Crippen LogP contribution in [0.3, 0.4) is 0 Å². The molecule has 1 atom stereocenters. The number of hydrogen-bond acceptors (Lipinski definition) is 5. The first-order valence-electron chi connectivity index (χ1n) is 7.62. The summed E-state index contributed by atoms with van der Waals surface area (Å²) < 4.78 is 5.14. The molecule has 0 radical (unpaired) electrons. The zero-order valence-corrected chi connectivity index (χ0v) is 14.9. The van der Waals surface area contributed by atoms with Gasteiger partial charge in [-0.05, 0) is 25.0 Å². The molecule has 0 bridgehead atoms. The molecule has 0 saturated heterocycles. The molecule has 1 heterocycles. The van der Waals surface area contributed by atoms with Crippen molar-refractivity contribution in [3.05, 3.63) is 46.4 Å². The molecule has 1 unspecified atom stereocenters. The van der Waals surface area contributed by atoms with Gasteiger partial charge in [0, 0.05) is 17.8 Å². The number of amides is 1. The van der Waals surface area contributed by atoms with Crippen LogP contribution in [0, 0.1) is 0 Å².